The number of hydrogen-bond acceptors (Lipinski definition) is 16. The number of ketones is 3. The monoisotopic (exact) mass is 942 g/mol. The van der Waals surface area contributed by atoms with Crippen molar-refractivity contribution in [3.8, 4) is 0 Å². The zero-order chi connectivity index (χ0) is 47.3. The molecule has 63 heavy (non-hydrogen) atoms. The first-order valence-electron chi connectivity index (χ1n) is 20.8. The molecule has 0 N–H and O–H groups in total. The molecule has 0 aromatic rings. The molecular weight excluding hydrogens is 876 g/mol. The molecule has 0 spiro atoms. The number of rotatable bonds is 48. The van der Waals surface area contributed by atoms with Gasteiger partial charge in [-0.25, -0.2) is 9.47 Å². The van der Waals surface area contributed by atoms with E-state index in [1.165, 1.54) is 13.8 Å². The van der Waals surface area contributed by atoms with E-state index in [4.69, 9.17) is 52.1 Å². The molecule has 0 bridgehead atoms. The van der Waals surface area contributed by atoms with Crippen molar-refractivity contribution >= 4 is 17.3 Å². The van der Waals surface area contributed by atoms with Crippen molar-refractivity contribution in [1.29, 1.82) is 0 Å². The molecule has 374 valence electrons. The third-order valence-corrected chi connectivity index (χ3v) is 8.05. The molecule has 0 aromatic carbocycles. The number of Topliss-reactive ketones (excluding diaryl/α,β-unsaturated/α-hetero) is 3. The van der Waals surface area contributed by atoms with Crippen LogP contribution in [0.25, 0.3) is 0 Å². The van der Waals surface area contributed by atoms with E-state index in [-0.39, 0.29) is 58.3 Å². The van der Waals surface area contributed by atoms with Gasteiger partial charge in [0.05, 0.1) is 132 Å². The van der Waals surface area contributed by atoms with Crippen LogP contribution in [0.1, 0.15) is 59.3 Å². The summed E-state index contributed by atoms with van der Waals surface area (Å²) < 4.78 is 175. The normalized spacial score (nSPS) is 12.8. The average molecular weight is 943 g/mol. The Balaban J connectivity index is 3.61. The fourth-order valence-corrected chi connectivity index (χ4v) is 4.65. The summed E-state index contributed by atoms with van der Waals surface area (Å²) in [6, 6.07) is 0. The molecule has 0 radical (unpaired) electrons. The van der Waals surface area contributed by atoms with Gasteiger partial charge in [-0.2, -0.15) is 35.1 Å². The van der Waals surface area contributed by atoms with Crippen molar-refractivity contribution in [3.63, 3.8) is 0 Å². The number of ether oxygens (including phenoxy) is 13. The van der Waals surface area contributed by atoms with Crippen molar-refractivity contribution in [3.05, 3.63) is 0 Å². The third-order valence-electron chi connectivity index (χ3n) is 8.05. The first kappa shape index (κ1) is 60.9. The lowest BCUT2D eigenvalue weighted by molar-refractivity contribution is -0.499. The second kappa shape index (κ2) is 37.1. The quantitative estimate of drug-likeness (QED) is 0.0569. The summed E-state index contributed by atoms with van der Waals surface area (Å²) in [6.45, 7) is 11.2. The Labute approximate surface area is 363 Å². The van der Waals surface area contributed by atoms with Gasteiger partial charge >= 0.3 is 24.4 Å². The molecule has 0 aliphatic rings. The predicted octanol–water partition coefficient (Wildman–Crippen LogP) is 5.30. The molecule has 0 saturated carbocycles. The molecule has 0 fully saturated rings. The topological polar surface area (TPSA) is 171 Å². The maximum absolute atomic E-state index is 13.9. The van der Waals surface area contributed by atoms with Gasteiger partial charge in [-0.3, -0.25) is 9.59 Å². The van der Waals surface area contributed by atoms with Gasteiger partial charge in [0.25, 0.3) is 0 Å². The van der Waals surface area contributed by atoms with Gasteiger partial charge in [0.2, 0.25) is 11.6 Å². The lowest BCUT2D eigenvalue weighted by Crippen LogP contribution is -2.55. The first-order chi connectivity index (χ1) is 29.9. The highest BCUT2D eigenvalue weighted by atomic mass is 19.3. The minimum atomic E-state index is -6.43. The van der Waals surface area contributed by atoms with Gasteiger partial charge in [0, 0.05) is 32.0 Å². The van der Waals surface area contributed by atoms with E-state index in [1.807, 2.05) is 0 Å². The van der Waals surface area contributed by atoms with E-state index < -0.39 is 54.8 Å². The summed E-state index contributed by atoms with van der Waals surface area (Å²) >= 11 is 0. The summed E-state index contributed by atoms with van der Waals surface area (Å²) in [5, 5.41) is 0. The highest BCUT2D eigenvalue weighted by Crippen LogP contribution is 2.44. The van der Waals surface area contributed by atoms with Crippen LogP contribution in [0.3, 0.4) is 0 Å². The SMILES string of the molecule is CCC(CC)C(=O)C(F)(F)OC(F)(F)C(F)(F)OC(F)(F)C(=O)CCCOCCOCCOCCOCCOCCOCCOCCOCCOCCOCCOCCCC(C)=O. The molecule has 0 aromatic heterocycles. The van der Waals surface area contributed by atoms with Crippen LogP contribution in [0.4, 0.5) is 35.1 Å². The molecule has 0 heterocycles. The van der Waals surface area contributed by atoms with Crippen molar-refractivity contribution < 1.29 is 111 Å². The molecule has 24 heteroatoms. The fraction of sp³-hybridized carbons (Fsp3) is 0.923. The lowest BCUT2D eigenvalue weighted by atomic mass is 9.97. The van der Waals surface area contributed by atoms with Crippen molar-refractivity contribution in [2.45, 2.75) is 83.7 Å². The second-order valence-corrected chi connectivity index (χ2v) is 13.2. The molecule has 0 aliphatic carbocycles. The molecule has 0 saturated heterocycles. The highest BCUT2D eigenvalue weighted by molar-refractivity contribution is 5.86. The predicted molar refractivity (Wildman–Crippen MR) is 204 cm³/mol. The van der Waals surface area contributed by atoms with Gasteiger partial charge < -0.3 is 56.9 Å². The maximum atomic E-state index is 13.9. The number of alkyl halides is 8. The van der Waals surface area contributed by atoms with Crippen LogP contribution in [-0.2, 0) is 76.0 Å². The van der Waals surface area contributed by atoms with Crippen LogP contribution in [0.5, 0.6) is 0 Å². The Kier molecular flexibility index (Phi) is 35.9. The Hall–Kier alpha value is -2.07. The fourth-order valence-electron chi connectivity index (χ4n) is 4.65. The number of hydrogen-bond donors (Lipinski definition) is 0. The molecule has 16 nitrogen and oxygen atoms in total. The largest absolute Gasteiger partial charge is 0.453 e. The molecule has 0 atom stereocenters. The number of carbonyl (C=O) groups excluding carboxylic acids is 3. The molecule has 0 rings (SSSR count). The van der Waals surface area contributed by atoms with Crippen molar-refractivity contribution in [2.75, 3.05) is 145 Å². The zero-order valence-electron chi connectivity index (χ0n) is 36.4. The molecular formula is C39H66F8O16. The van der Waals surface area contributed by atoms with Crippen LogP contribution in [0.15, 0.2) is 0 Å². The van der Waals surface area contributed by atoms with E-state index in [1.54, 1.807) is 6.92 Å². The summed E-state index contributed by atoms with van der Waals surface area (Å²) in [5.74, 6) is -5.99. The van der Waals surface area contributed by atoms with Crippen LogP contribution in [0.2, 0.25) is 0 Å². The van der Waals surface area contributed by atoms with E-state index in [9.17, 15) is 49.5 Å². The first-order valence-corrected chi connectivity index (χ1v) is 20.8. The van der Waals surface area contributed by atoms with Gasteiger partial charge in [-0.1, -0.05) is 13.8 Å². The second-order valence-electron chi connectivity index (χ2n) is 13.2. The van der Waals surface area contributed by atoms with Gasteiger partial charge in [0.1, 0.15) is 5.78 Å². The summed E-state index contributed by atoms with van der Waals surface area (Å²) in [6.07, 6.45) is -24.7. The Bertz CT molecular complexity index is 1160. The van der Waals surface area contributed by atoms with E-state index >= 15 is 0 Å². The standard InChI is InChI=1S/C39H66F8O16/c1-4-33(5-2)35(50)37(42,43)63-39(46,47)38(44,45)62-36(40,41)34(49)9-7-11-52-13-15-54-17-19-56-21-23-58-25-27-60-29-31-61-30-28-59-26-24-57-22-20-55-18-16-53-14-12-51-10-6-8-32(3)48/h33H,4-31H2,1-3H3. The minimum Gasteiger partial charge on any atom is -0.379 e. The summed E-state index contributed by atoms with van der Waals surface area (Å²) in [5.41, 5.74) is 0. The van der Waals surface area contributed by atoms with Gasteiger partial charge in [0.15, 0.2) is 0 Å². The third kappa shape index (κ3) is 32.3. The van der Waals surface area contributed by atoms with Crippen LogP contribution in [-0.4, -0.2) is 187 Å². The Morgan fingerprint density at radius 2 is 0.619 bits per heavy atom. The zero-order valence-corrected chi connectivity index (χ0v) is 36.4. The highest BCUT2D eigenvalue weighted by Gasteiger charge is 2.69. The summed E-state index contributed by atoms with van der Waals surface area (Å²) in [4.78, 5) is 34.2. The lowest BCUT2D eigenvalue weighted by Gasteiger charge is -2.31. The van der Waals surface area contributed by atoms with Crippen LogP contribution in [0, 0.1) is 5.92 Å². The van der Waals surface area contributed by atoms with Crippen LogP contribution >= 0.6 is 0 Å². The van der Waals surface area contributed by atoms with Gasteiger partial charge in [-0.15, -0.1) is 0 Å². The minimum absolute atomic E-state index is 0.0429. The van der Waals surface area contributed by atoms with Gasteiger partial charge in [-0.05, 0) is 32.6 Å². The van der Waals surface area contributed by atoms with Crippen LogP contribution < -0.4 is 0 Å². The average Bonchev–Trinajstić information content (AvgIpc) is 3.21. The van der Waals surface area contributed by atoms with E-state index in [0.717, 1.165) is 6.42 Å². The molecule has 0 aliphatic heterocycles. The maximum Gasteiger partial charge on any atom is 0.453 e. The van der Waals surface area contributed by atoms with Crippen molar-refractivity contribution in [1.82, 2.24) is 0 Å². The number of halogens is 8. The number of carbonyl (C=O) groups is 3. The van der Waals surface area contributed by atoms with Crippen molar-refractivity contribution in [2.24, 2.45) is 5.92 Å². The van der Waals surface area contributed by atoms with E-state index in [0.29, 0.717) is 112 Å². The van der Waals surface area contributed by atoms with E-state index in [2.05, 4.69) is 9.47 Å². The Morgan fingerprint density at radius 3 is 0.873 bits per heavy atom. The summed E-state index contributed by atoms with van der Waals surface area (Å²) in [7, 11) is 0. The molecule has 0 unspecified atom stereocenters. The molecule has 0 amide bonds. The Morgan fingerprint density at radius 1 is 0.381 bits per heavy atom. The smallest absolute Gasteiger partial charge is 0.379 e.